The molecule has 0 aliphatic carbocycles. The van der Waals surface area contributed by atoms with Crippen LogP contribution >= 0.6 is 0 Å². The molecule has 1 amide bonds. The van der Waals surface area contributed by atoms with Crippen molar-refractivity contribution in [2.75, 3.05) is 13.7 Å². The highest BCUT2D eigenvalue weighted by Gasteiger charge is 2.30. The number of hydrogen-bond acceptors (Lipinski definition) is 7. The van der Waals surface area contributed by atoms with E-state index in [1.165, 1.54) is 18.5 Å². The zero-order valence-corrected chi connectivity index (χ0v) is 23.5. The molecule has 2 aromatic heterocycles. The lowest BCUT2D eigenvalue weighted by Gasteiger charge is -2.20. The summed E-state index contributed by atoms with van der Waals surface area (Å²) < 4.78 is 30.7. The Morgan fingerprint density at radius 2 is 1.78 bits per heavy atom. The Bertz CT molecular complexity index is 1740. The maximum Gasteiger partial charge on any atom is 0.255 e. The lowest BCUT2D eigenvalue weighted by molar-refractivity contribution is 0.0949. The van der Waals surface area contributed by atoms with E-state index in [-0.39, 0.29) is 18.1 Å². The highest BCUT2D eigenvalue weighted by Crippen LogP contribution is 2.41. The minimum absolute atomic E-state index is 0.0638. The third kappa shape index (κ3) is 5.35. The first kappa shape index (κ1) is 27.8. The summed E-state index contributed by atoms with van der Waals surface area (Å²) in [6, 6.07) is 15.0. The summed E-state index contributed by atoms with van der Waals surface area (Å²) in [5.41, 5.74) is 3.54. The average Bonchev–Trinajstić information content (AvgIpc) is 3.62. The summed E-state index contributed by atoms with van der Waals surface area (Å²) in [4.78, 5) is 30.8. The van der Waals surface area contributed by atoms with Gasteiger partial charge in [0.15, 0.2) is 11.6 Å². The smallest absolute Gasteiger partial charge is 0.255 e. The zero-order valence-electron chi connectivity index (χ0n) is 23.5. The molecule has 0 unspecified atom stereocenters. The number of nitrogens with zero attached hydrogens (tertiary/aromatic N) is 2. The number of aryl methyl sites for hydroxylation is 1. The Hall–Kier alpha value is -4.79. The number of carbonyl (C=O) groups is 2. The number of Topliss-reactive ketones (excluding diaryl/α,β-unsaturated/α-hetero) is 1. The SMILES string of the molecule is CCOc1cc2oc(-c3ccc(F)cc3)c(C(=O)NC)c2cc1-c1ccc(C)c(C(=O)CC(C)(C)c2ncon2)c1. The molecule has 0 aliphatic heterocycles. The molecule has 5 rings (SSSR count). The Morgan fingerprint density at radius 3 is 2.44 bits per heavy atom. The van der Waals surface area contributed by atoms with Gasteiger partial charge in [-0.2, -0.15) is 4.98 Å². The van der Waals surface area contributed by atoms with Gasteiger partial charge in [-0.3, -0.25) is 9.59 Å². The second-order valence-electron chi connectivity index (χ2n) is 10.4. The number of aromatic nitrogens is 2. The van der Waals surface area contributed by atoms with Crippen molar-refractivity contribution in [3.8, 4) is 28.2 Å². The Kier molecular flexibility index (Phi) is 7.45. The third-order valence-corrected chi connectivity index (χ3v) is 7.07. The maximum absolute atomic E-state index is 13.6. The monoisotopic (exact) mass is 555 g/mol. The van der Waals surface area contributed by atoms with Gasteiger partial charge in [-0.05, 0) is 61.4 Å². The first-order valence-electron chi connectivity index (χ1n) is 13.3. The van der Waals surface area contributed by atoms with E-state index in [0.717, 1.165) is 11.1 Å². The molecule has 0 bridgehead atoms. The number of furan rings is 1. The molecule has 0 atom stereocenters. The van der Waals surface area contributed by atoms with Gasteiger partial charge in [0.05, 0.1) is 12.2 Å². The van der Waals surface area contributed by atoms with Crippen molar-refractivity contribution >= 4 is 22.7 Å². The first-order chi connectivity index (χ1) is 19.6. The molecule has 0 aliphatic rings. The maximum atomic E-state index is 13.6. The van der Waals surface area contributed by atoms with Crippen LogP contribution in [0.15, 0.2) is 69.9 Å². The average molecular weight is 556 g/mol. The minimum Gasteiger partial charge on any atom is -0.493 e. The number of halogens is 1. The van der Waals surface area contributed by atoms with Crippen LogP contribution in [0.5, 0.6) is 5.75 Å². The van der Waals surface area contributed by atoms with Crippen LogP contribution in [0.3, 0.4) is 0 Å². The summed E-state index contributed by atoms with van der Waals surface area (Å²) in [5, 5.41) is 7.17. The number of amides is 1. The van der Waals surface area contributed by atoms with E-state index >= 15 is 0 Å². The summed E-state index contributed by atoms with van der Waals surface area (Å²) in [5.74, 6) is 0.521. The molecule has 0 saturated carbocycles. The van der Waals surface area contributed by atoms with Crippen LogP contribution in [0.1, 0.15) is 59.3 Å². The third-order valence-electron chi connectivity index (χ3n) is 7.07. The van der Waals surface area contributed by atoms with E-state index in [4.69, 9.17) is 13.7 Å². The summed E-state index contributed by atoms with van der Waals surface area (Å²) in [7, 11) is 1.54. The molecule has 210 valence electrons. The number of rotatable bonds is 9. The molecule has 0 spiro atoms. The van der Waals surface area contributed by atoms with Gasteiger partial charge in [0, 0.05) is 47.0 Å². The fraction of sp³-hybridized carbons (Fsp3) is 0.250. The lowest BCUT2D eigenvalue weighted by atomic mass is 9.83. The van der Waals surface area contributed by atoms with Crippen LogP contribution in [-0.4, -0.2) is 35.5 Å². The van der Waals surface area contributed by atoms with Crippen LogP contribution in [0.2, 0.25) is 0 Å². The van der Waals surface area contributed by atoms with Crippen molar-refractivity contribution in [3.05, 3.63) is 89.3 Å². The molecule has 9 heteroatoms. The van der Waals surface area contributed by atoms with Crippen molar-refractivity contribution in [3.63, 3.8) is 0 Å². The Balaban J connectivity index is 1.64. The highest BCUT2D eigenvalue weighted by atomic mass is 19.1. The molecular weight excluding hydrogens is 525 g/mol. The number of carbonyl (C=O) groups excluding carboxylic acids is 2. The van der Waals surface area contributed by atoms with Gasteiger partial charge in [-0.25, -0.2) is 4.39 Å². The van der Waals surface area contributed by atoms with Crippen molar-refractivity contribution < 1.29 is 27.7 Å². The summed E-state index contributed by atoms with van der Waals surface area (Å²) >= 11 is 0. The molecule has 3 aromatic carbocycles. The van der Waals surface area contributed by atoms with Crippen LogP contribution in [-0.2, 0) is 5.41 Å². The van der Waals surface area contributed by atoms with Crippen molar-refractivity contribution in [2.24, 2.45) is 0 Å². The van der Waals surface area contributed by atoms with Crippen molar-refractivity contribution in [2.45, 2.75) is 39.5 Å². The van der Waals surface area contributed by atoms with Crippen LogP contribution < -0.4 is 10.1 Å². The molecular formula is C32H30FN3O5. The number of nitrogens with one attached hydrogen (secondary N) is 1. The normalized spacial score (nSPS) is 11.6. The first-order valence-corrected chi connectivity index (χ1v) is 13.3. The topological polar surface area (TPSA) is 107 Å². The van der Waals surface area contributed by atoms with Crippen molar-refractivity contribution in [1.29, 1.82) is 0 Å². The van der Waals surface area contributed by atoms with E-state index in [0.29, 0.717) is 57.2 Å². The van der Waals surface area contributed by atoms with E-state index < -0.39 is 11.2 Å². The molecule has 5 aromatic rings. The standard InChI is InChI=1S/C32H30FN3O5/c1-6-39-26-15-27-24(28(30(38)34-5)29(41-27)19-9-11-21(33)12-10-19)14-23(26)20-8-7-18(2)22(13-20)25(37)16-32(3,4)31-35-17-40-36-31/h7-15,17H,6,16H2,1-5H3,(H,34,38). The second-order valence-corrected chi connectivity index (χ2v) is 10.4. The number of ketones is 1. The summed E-state index contributed by atoms with van der Waals surface area (Å²) in [6.07, 6.45) is 1.43. The lowest BCUT2D eigenvalue weighted by Crippen LogP contribution is -2.24. The number of hydrogen-bond donors (Lipinski definition) is 1. The Labute approximate surface area is 236 Å². The largest absolute Gasteiger partial charge is 0.493 e. The molecule has 2 heterocycles. The molecule has 8 nitrogen and oxygen atoms in total. The van der Waals surface area contributed by atoms with E-state index in [1.807, 2.05) is 52.0 Å². The summed E-state index contributed by atoms with van der Waals surface area (Å²) in [6.45, 7) is 7.95. The Morgan fingerprint density at radius 1 is 1.05 bits per heavy atom. The van der Waals surface area contributed by atoms with Gasteiger partial charge in [0.1, 0.15) is 22.9 Å². The van der Waals surface area contributed by atoms with Gasteiger partial charge >= 0.3 is 0 Å². The van der Waals surface area contributed by atoms with Gasteiger partial charge < -0.3 is 19.0 Å². The van der Waals surface area contributed by atoms with E-state index in [9.17, 15) is 14.0 Å². The van der Waals surface area contributed by atoms with Gasteiger partial charge in [-0.1, -0.05) is 31.1 Å². The fourth-order valence-corrected chi connectivity index (χ4v) is 4.91. The van der Waals surface area contributed by atoms with Crippen molar-refractivity contribution in [1.82, 2.24) is 15.5 Å². The molecule has 0 radical (unpaired) electrons. The second kappa shape index (κ2) is 11.0. The van der Waals surface area contributed by atoms with Crippen LogP contribution in [0.4, 0.5) is 4.39 Å². The van der Waals surface area contributed by atoms with Crippen LogP contribution in [0.25, 0.3) is 33.4 Å². The molecule has 1 N–H and O–H groups in total. The predicted molar refractivity (Wildman–Crippen MR) is 153 cm³/mol. The van der Waals surface area contributed by atoms with E-state index in [2.05, 4.69) is 15.5 Å². The number of ether oxygens (including phenoxy) is 1. The van der Waals surface area contributed by atoms with Gasteiger partial charge in [0.2, 0.25) is 6.39 Å². The highest BCUT2D eigenvalue weighted by molar-refractivity contribution is 6.12. The quantitative estimate of drug-likeness (QED) is 0.197. The van der Waals surface area contributed by atoms with Gasteiger partial charge in [0.25, 0.3) is 5.91 Å². The number of benzene rings is 3. The molecule has 0 saturated heterocycles. The van der Waals surface area contributed by atoms with Gasteiger partial charge in [-0.15, -0.1) is 0 Å². The zero-order chi connectivity index (χ0) is 29.3. The van der Waals surface area contributed by atoms with Crippen LogP contribution in [0, 0.1) is 12.7 Å². The number of fused-ring (bicyclic) bond motifs is 1. The predicted octanol–water partition coefficient (Wildman–Crippen LogP) is 6.91. The molecule has 41 heavy (non-hydrogen) atoms. The van der Waals surface area contributed by atoms with E-state index in [1.54, 1.807) is 25.2 Å². The molecule has 0 fully saturated rings. The minimum atomic E-state index is -0.627. The fourth-order valence-electron chi connectivity index (χ4n) is 4.91.